The van der Waals surface area contributed by atoms with E-state index in [1.807, 2.05) is 13.8 Å². The number of furan rings is 1. The highest BCUT2D eigenvalue weighted by Crippen LogP contribution is 2.18. The molecule has 2 aromatic heterocycles. The van der Waals surface area contributed by atoms with Crippen molar-refractivity contribution in [3.63, 3.8) is 0 Å². The molecule has 2 rings (SSSR count). The van der Waals surface area contributed by atoms with Gasteiger partial charge in [0.05, 0.1) is 17.0 Å². The van der Waals surface area contributed by atoms with Crippen LogP contribution in [0.3, 0.4) is 0 Å². The Balaban J connectivity index is 1.76. The minimum absolute atomic E-state index is 0.156. The summed E-state index contributed by atoms with van der Waals surface area (Å²) in [6, 6.07) is 3.23. The van der Waals surface area contributed by atoms with Crippen molar-refractivity contribution in [2.75, 3.05) is 13.1 Å². The number of hydrogen-bond acceptors (Lipinski definition) is 5. The average molecular weight is 307 g/mol. The van der Waals surface area contributed by atoms with Crippen LogP contribution in [0.15, 0.2) is 22.8 Å². The Kier molecular flexibility index (Phi) is 5.10. The van der Waals surface area contributed by atoms with Crippen LogP contribution in [0, 0.1) is 6.92 Å². The maximum Gasteiger partial charge on any atom is 0.287 e. The summed E-state index contributed by atoms with van der Waals surface area (Å²) in [5.41, 5.74) is 0.744. The molecule has 0 radical (unpaired) electrons. The van der Waals surface area contributed by atoms with Gasteiger partial charge in [0.2, 0.25) is 0 Å². The number of rotatable bonds is 6. The van der Waals surface area contributed by atoms with Crippen molar-refractivity contribution < 1.29 is 14.0 Å². The van der Waals surface area contributed by atoms with E-state index in [1.54, 1.807) is 12.1 Å². The maximum absolute atomic E-state index is 12.0. The minimum Gasteiger partial charge on any atom is -0.459 e. The summed E-state index contributed by atoms with van der Waals surface area (Å²) in [4.78, 5) is 28.5. The fraction of sp³-hybridized carbons (Fsp3) is 0.357. The molecule has 0 aromatic carbocycles. The van der Waals surface area contributed by atoms with Gasteiger partial charge in [-0.15, -0.1) is 11.3 Å². The lowest BCUT2D eigenvalue weighted by atomic mass is 10.3. The summed E-state index contributed by atoms with van der Waals surface area (Å²) in [7, 11) is 0. The summed E-state index contributed by atoms with van der Waals surface area (Å²) in [5.74, 6) is -0.194. The molecule has 0 unspecified atom stereocenters. The zero-order valence-corrected chi connectivity index (χ0v) is 12.8. The van der Waals surface area contributed by atoms with Gasteiger partial charge in [-0.05, 0) is 25.5 Å². The molecule has 2 amide bonds. The summed E-state index contributed by atoms with van der Waals surface area (Å²) in [6.07, 6.45) is 2.26. The third-order valence-electron chi connectivity index (χ3n) is 2.79. The summed E-state index contributed by atoms with van der Waals surface area (Å²) in [5, 5.41) is 6.38. The predicted octanol–water partition coefficient (Wildman–Crippen LogP) is 1.77. The molecule has 2 N–H and O–H groups in total. The second-order valence-electron chi connectivity index (χ2n) is 4.36. The van der Waals surface area contributed by atoms with Crippen LogP contribution in [0.2, 0.25) is 0 Å². The number of amides is 2. The van der Waals surface area contributed by atoms with E-state index in [9.17, 15) is 9.59 Å². The summed E-state index contributed by atoms with van der Waals surface area (Å²) in [6.45, 7) is 4.52. The van der Waals surface area contributed by atoms with Crippen LogP contribution in [0.4, 0.5) is 0 Å². The van der Waals surface area contributed by atoms with Gasteiger partial charge in [0, 0.05) is 13.1 Å². The second kappa shape index (κ2) is 7.03. The van der Waals surface area contributed by atoms with Crippen molar-refractivity contribution in [3.8, 4) is 0 Å². The average Bonchev–Trinajstić information content (AvgIpc) is 3.12. The van der Waals surface area contributed by atoms with E-state index in [0.29, 0.717) is 18.0 Å². The van der Waals surface area contributed by atoms with E-state index in [-0.39, 0.29) is 17.6 Å². The number of nitrogens with zero attached hydrogens (tertiary/aromatic N) is 1. The molecule has 0 fully saturated rings. The van der Waals surface area contributed by atoms with E-state index in [4.69, 9.17) is 4.42 Å². The number of carbonyl (C=O) groups excluding carboxylic acids is 2. The zero-order chi connectivity index (χ0) is 15.2. The highest BCUT2D eigenvalue weighted by atomic mass is 32.1. The molecule has 2 heterocycles. The second-order valence-corrected chi connectivity index (χ2v) is 5.45. The first-order valence-electron chi connectivity index (χ1n) is 6.68. The Morgan fingerprint density at radius 2 is 2.00 bits per heavy atom. The van der Waals surface area contributed by atoms with Crippen LogP contribution < -0.4 is 10.6 Å². The smallest absolute Gasteiger partial charge is 0.287 e. The molecule has 0 aliphatic rings. The summed E-state index contributed by atoms with van der Waals surface area (Å²) < 4.78 is 4.97. The van der Waals surface area contributed by atoms with Gasteiger partial charge in [0.25, 0.3) is 11.8 Å². The molecule has 0 spiro atoms. The van der Waals surface area contributed by atoms with Crippen molar-refractivity contribution in [3.05, 3.63) is 39.7 Å². The van der Waals surface area contributed by atoms with Crippen LogP contribution in [0.25, 0.3) is 0 Å². The number of aryl methyl sites for hydroxylation is 2. The fourth-order valence-corrected chi connectivity index (χ4v) is 2.66. The highest BCUT2D eigenvalue weighted by molar-refractivity contribution is 7.13. The fourth-order valence-electron chi connectivity index (χ4n) is 1.74. The molecule has 0 atom stereocenters. The Morgan fingerprint density at radius 1 is 1.29 bits per heavy atom. The zero-order valence-electron chi connectivity index (χ0n) is 11.9. The topological polar surface area (TPSA) is 84.2 Å². The Morgan fingerprint density at radius 3 is 2.57 bits per heavy atom. The molecule has 0 saturated carbocycles. The largest absolute Gasteiger partial charge is 0.459 e. The van der Waals surface area contributed by atoms with Crippen molar-refractivity contribution in [1.82, 2.24) is 15.6 Å². The first-order chi connectivity index (χ1) is 10.1. The van der Waals surface area contributed by atoms with E-state index in [1.165, 1.54) is 17.6 Å². The molecule has 21 heavy (non-hydrogen) atoms. The molecule has 2 aromatic rings. The van der Waals surface area contributed by atoms with Gasteiger partial charge in [0.1, 0.15) is 4.88 Å². The lowest BCUT2D eigenvalue weighted by molar-refractivity contribution is 0.0911. The van der Waals surface area contributed by atoms with Gasteiger partial charge in [-0.1, -0.05) is 6.92 Å². The molecule has 0 saturated heterocycles. The number of thiazole rings is 1. The third-order valence-corrected chi connectivity index (χ3v) is 4.09. The molecule has 0 bridgehead atoms. The van der Waals surface area contributed by atoms with Crippen molar-refractivity contribution >= 4 is 23.2 Å². The molecule has 7 heteroatoms. The van der Waals surface area contributed by atoms with Gasteiger partial charge >= 0.3 is 0 Å². The number of aromatic nitrogens is 1. The van der Waals surface area contributed by atoms with E-state index >= 15 is 0 Å². The SMILES string of the molecule is CCc1nc(C)c(C(=O)NCCNC(=O)c2ccco2)s1. The Hall–Kier alpha value is -2.15. The van der Waals surface area contributed by atoms with Crippen LogP contribution in [-0.4, -0.2) is 29.9 Å². The number of hydrogen-bond donors (Lipinski definition) is 2. The predicted molar refractivity (Wildman–Crippen MR) is 79.6 cm³/mol. The molecule has 0 aliphatic heterocycles. The third kappa shape index (κ3) is 3.91. The van der Waals surface area contributed by atoms with Crippen molar-refractivity contribution in [1.29, 1.82) is 0 Å². The van der Waals surface area contributed by atoms with Crippen LogP contribution >= 0.6 is 11.3 Å². The standard InChI is InChI=1S/C14H17N3O3S/c1-3-11-17-9(2)12(21-11)14(19)16-7-6-15-13(18)10-5-4-8-20-10/h4-5,8H,3,6-7H2,1-2H3,(H,15,18)(H,16,19). The van der Waals surface area contributed by atoms with E-state index in [2.05, 4.69) is 15.6 Å². The Labute approximate surface area is 126 Å². The maximum atomic E-state index is 12.0. The minimum atomic E-state index is -0.295. The molecular weight excluding hydrogens is 290 g/mol. The number of nitrogens with one attached hydrogen (secondary N) is 2. The normalized spacial score (nSPS) is 10.4. The lowest BCUT2D eigenvalue weighted by Crippen LogP contribution is -2.34. The molecule has 6 nitrogen and oxygen atoms in total. The molecule has 112 valence electrons. The highest BCUT2D eigenvalue weighted by Gasteiger charge is 2.14. The Bertz CT molecular complexity index is 619. The monoisotopic (exact) mass is 307 g/mol. The van der Waals surface area contributed by atoms with Crippen molar-refractivity contribution in [2.45, 2.75) is 20.3 Å². The molecule has 0 aliphatic carbocycles. The lowest BCUT2D eigenvalue weighted by Gasteiger charge is -2.05. The van der Waals surface area contributed by atoms with Gasteiger partial charge in [-0.25, -0.2) is 4.98 Å². The molecular formula is C14H17N3O3S. The van der Waals surface area contributed by atoms with Crippen molar-refractivity contribution in [2.24, 2.45) is 0 Å². The van der Waals surface area contributed by atoms with E-state index < -0.39 is 0 Å². The number of carbonyl (C=O) groups is 2. The van der Waals surface area contributed by atoms with Crippen LogP contribution in [-0.2, 0) is 6.42 Å². The van der Waals surface area contributed by atoms with Gasteiger partial charge in [0.15, 0.2) is 5.76 Å². The summed E-state index contributed by atoms with van der Waals surface area (Å²) >= 11 is 1.40. The van der Waals surface area contributed by atoms with Gasteiger partial charge < -0.3 is 15.1 Å². The van der Waals surface area contributed by atoms with Gasteiger partial charge in [-0.3, -0.25) is 9.59 Å². The first kappa shape index (κ1) is 15.2. The first-order valence-corrected chi connectivity index (χ1v) is 7.49. The van der Waals surface area contributed by atoms with Crippen LogP contribution in [0.5, 0.6) is 0 Å². The quantitative estimate of drug-likeness (QED) is 0.797. The van der Waals surface area contributed by atoms with Crippen LogP contribution in [0.1, 0.15) is 37.9 Å². The van der Waals surface area contributed by atoms with E-state index in [0.717, 1.165) is 17.1 Å². The van der Waals surface area contributed by atoms with Gasteiger partial charge in [-0.2, -0.15) is 0 Å².